The van der Waals surface area contributed by atoms with Gasteiger partial charge in [0.05, 0.1) is 12.3 Å². The van der Waals surface area contributed by atoms with Crippen LogP contribution in [0.3, 0.4) is 0 Å². The lowest BCUT2D eigenvalue weighted by Gasteiger charge is -2.29. The molecule has 2 N–H and O–H groups in total. The smallest absolute Gasteiger partial charge is 0.270 e. The Balaban J connectivity index is 1.41. The molecule has 1 amide bonds. The van der Waals surface area contributed by atoms with Crippen molar-refractivity contribution in [3.05, 3.63) is 23.5 Å². The molecule has 3 rings (SSSR count). The van der Waals surface area contributed by atoms with Gasteiger partial charge in [0, 0.05) is 43.8 Å². The van der Waals surface area contributed by atoms with E-state index in [1.54, 1.807) is 16.3 Å². The summed E-state index contributed by atoms with van der Waals surface area (Å²) in [4.78, 5) is 18.9. The Hall–Kier alpha value is -1.77. The molecule has 7 nitrogen and oxygen atoms in total. The zero-order chi connectivity index (χ0) is 16.9. The van der Waals surface area contributed by atoms with Gasteiger partial charge in [-0.3, -0.25) is 9.48 Å². The third kappa shape index (κ3) is 4.40. The van der Waals surface area contributed by atoms with Gasteiger partial charge in [-0.25, -0.2) is 4.98 Å². The van der Waals surface area contributed by atoms with Crippen LogP contribution in [-0.4, -0.2) is 63.0 Å². The highest BCUT2D eigenvalue weighted by molar-refractivity contribution is 7.13. The van der Waals surface area contributed by atoms with Gasteiger partial charge in [-0.15, -0.1) is 11.3 Å². The van der Waals surface area contributed by atoms with Crippen molar-refractivity contribution in [2.75, 3.05) is 26.2 Å². The fourth-order valence-corrected chi connectivity index (χ4v) is 3.56. The molecule has 0 unspecified atom stereocenters. The molecule has 130 valence electrons. The Morgan fingerprint density at radius 2 is 2.25 bits per heavy atom. The standard InChI is InChI=1S/C16H23N5O2S/c1-20-10-12(9-18-20)16-19-14(11-24-16)15(23)17-5-2-6-21-7-3-13(22)4-8-21/h9-11,13,22H,2-8H2,1H3,(H,17,23). The second kappa shape index (κ2) is 7.87. The van der Waals surface area contributed by atoms with E-state index in [4.69, 9.17) is 0 Å². The Bertz CT molecular complexity index is 676. The number of hydrogen-bond donors (Lipinski definition) is 2. The quantitative estimate of drug-likeness (QED) is 0.764. The van der Waals surface area contributed by atoms with Crippen LogP contribution in [0.4, 0.5) is 0 Å². The van der Waals surface area contributed by atoms with Gasteiger partial charge < -0.3 is 15.3 Å². The summed E-state index contributed by atoms with van der Waals surface area (Å²) in [6.45, 7) is 3.47. The summed E-state index contributed by atoms with van der Waals surface area (Å²) >= 11 is 1.45. The van der Waals surface area contributed by atoms with Gasteiger partial charge in [-0.1, -0.05) is 0 Å². The second-order valence-corrected chi connectivity index (χ2v) is 6.98. The number of aryl methyl sites for hydroxylation is 1. The van der Waals surface area contributed by atoms with E-state index in [2.05, 4.69) is 20.3 Å². The maximum atomic E-state index is 12.2. The number of thiazole rings is 1. The molecule has 1 saturated heterocycles. The van der Waals surface area contributed by atoms with Crippen molar-refractivity contribution in [1.82, 2.24) is 25.0 Å². The minimum Gasteiger partial charge on any atom is -0.393 e. The first-order chi connectivity index (χ1) is 11.6. The minimum absolute atomic E-state index is 0.129. The predicted molar refractivity (Wildman–Crippen MR) is 92.9 cm³/mol. The number of carbonyl (C=O) groups is 1. The molecule has 1 fully saturated rings. The Morgan fingerprint density at radius 1 is 1.46 bits per heavy atom. The first kappa shape index (κ1) is 17.1. The van der Waals surface area contributed by atoms with Gasteiger partial charge in [0.2, 0.25) is 0 Å². The third-order valence-electron chi connectivity index (χ3n) is 4.18. The van der Waals surface area contributed by atoms with Crippen molar-refractivity contribution in [2.45, 2.75) is 25.4 Å². The molecule has 24 heavy (non-hydrogen) atoms. The zero-order valence-electron chi connectivity index (χ0n) is 13.8. The number of carbonyl (C=O) groups excluding carboxylic acids is 1. The number of aromatic nitrogens is 3. The number of likely N-dealkylation sites (tertiary alicyclic amines) is 1. The van der Waals surface area contributed by atoms with E-state index in [9.17, 15) is 9.90 Å². The van der Waals surface area contributed by atoms with Gasteiger partial charge in [0.25, 0.3) is 5.91 Å². The third-order valence-corrected chi connectivity index (χ3v) is 5.07. The van der Waals surface area contributed by atoms with Crippen LogP contribution in [0.2, 0.25) is 0 Å². The molecule has 0 radical (unpaired) electrons. The van der Waals surface area contributed by atoms with Crippen molar-refractivity contribution in [2.24, 2.45) is 7.05 Å². The van der Waals surface area contributed by atoms with Crippen LogP contribution in [0.1, 0.15) is 29.8 Å². The molecule has 2 aromatic heterocycles. The highest BCUT2D eigenvalue weighted by atomic mass is 32.1. The van der Waals surface area contributed by atoms with Crippen LogP contribution in [0.5, 0.6) is 0 Å². The van der Waals surface area contributed by atoms with Crippen LogP contribution < -0.4 is 5.32 Å². The number of nitrogens with zero attached hydrogens (tertiary/aromatic N) is 4. The highest BCUT2D eigenvalue weighted by Gasteiger charge is 2.16. The molecule has 0 bridgehead atoms. The summed E-state index contributed by atoms with van der Waals surface area (Å²) in [5.41, 5.74) is 1.38. The molecular weight excluding hydrogens is 326 g/mol. The molecule has 0 atom stereocenters. The number of amides is 1. The lowest BCUT2D eigenvalue weighted by atomic mass is 10.1. The molecule has 2 aromatic rings. The maximum Gasteiger partial charge on any atom is 0.270 e. The van der Waals surface area contributed by atoms with Crippen LogP contribution in [0.15, 0.2) is 17.8 Å². The van der Waals surface area contributed by atoms with Crippen LogP contribution >= 0.6 is 11.3 Å². The lowest BCUT2D eigenvalue weighted by Crippen LogP contribution is -2.37. The normalized spacial score (nSPS) is 16.4. The fraction of sp³-hybridized carbons (Fsp3) is 0.562. The predicted octanol–water partition coefficient (Wildman–Crippen LogP) is 1.12. The maximum absolute atomic E-state index is 12.2. The van der Waals surface area contributed by atoms with Crippen molar-refractivity contribution in [3.63, 3.8) is 0 Å². The Morgan fingerprint density at radius 3 is 2.96 bits per heavy atom. The van der Waals surface area contributed by atoms with Gasteiger partial charge in [0.1, 0.15) is 10.7 Å². The van der Waals surface area contributed by atoms with E-state index in [-0.39, 0.29) is 12.0 Å². The molecule has 8 heteroatoms. The minimum atomic E-state index is -0.139. The summed E-state index contributed by atoms with van der Waals surface area (Å²) in [6.07, 6.45) is 6.10. The fourth-order valence-electron chi connectivity index (χ4n) is 2.78. The number of piperidine rings is 1. The SMILES string of the molecule is Cn1cc(-c2nc(C(=O)NCCCN3CCC(O)CC3)cs2)cn1. The van der Waals surface area contributed by atoms with E-state index in [0.717, 1.165) is 49.5 Å². The van der Waals surface area contributed by atoms with Crippen molar-refractivity contribution in [1.29, 1.82) is 0 Å². The average Bonchev–Trinajstić information content (AvgIpc) is 3.22. The zero-order valence-corrected chi connectivity index (χ0v) is 14.6. The topological polar surface area (TPSA) is 83.3 Å². The molecule has 1 aliphatic heterocycles. The van der Waals surface area contributed by atoms with Crippen molar-refractivity contribution >= 4 is 17.2 Å². The van der Waals surface area contributed by atoms with Crippen LogP contribution in [0, 0.1) is 0 Å². The van der Waals surface area contributed by atoms with E-state index < -0.39 is 0 Å². The number of aliphatic hydroxyl groups is 1. The van der Waals surface area contributed by atoms with Crippen LogP contribution in [0.25, 0.3) is 10.6 Å². The molecule has 0 aromatic carbocycles. The molecule has 1 aliphatic rings. The summed E-state index contributed by atoms with van der Waals surface area (Å²) in [5.74, 6) is -0.129. The number of nitrogens with one attached hydrogen (secondary N) is 1. The van der Waals surface area contributed by atoms with E-state index in [1.807, 2.05) is 13.2 Å². The van der Waals surface area contributed by atoms with E-state index in [1.165, 1.54) is 11.3 Å². The second-order valence-electron chi connectivity index (χ2n) is 6.12. The number of aliphatic hydroxyl groups excluding tert-OH is 1. The molecular formula is C16H23N5O2S. The first-order valence-electron chi connectivity index (χ1n) is 8.25. The number of rotatable bonds is 6. The summed E-state index contributed by atoms with van der Waals surface area (Å²) < 4.78 is 1.72. The monoisotopic (exact) mass is 349 g/mol. The van der Waals surface area contributed by atoms with Gasteiger partial charge in [0.15, 0.2) is 0 Å². The Labute approximate surface area is 145 Å². The summed E-state index contributed by atoms with van der Waals surface area (Å²) in [6, 6.07) is 0. The van der Waals surface area contributed by atoms with Gasteiger partial charge in [-0.05, 0) is 25.8 Å². The van der Waals surface area contributed by atoms with Crippen molar-refractivity contribution < 1.29 is 9.90 Å². The summed E-state index contributed by atoms with van der Waals surface area (Å²) in [5, 5.41) is 19.1. The molecule has 3 heterocycles. The number of hydrogen-bond acceptors (Lipinski definition) is 6. The summed E-state index contributed by atoms with van der Waals surface area (Å²) in [7, 11) is 1.85. The van der Waals surface area contributed by atoms with Crippen LogP contribution in [-0.2, 0) is 7.05 Å². The van der Waals surface area contributed by atoms with E-state index in [0.29, 0.717) is 12.2 Å². The Kier molecular flexibility index (Phi) is 5.60. The molecule has 0 saturated carbocycles. The average molecular weight is 349 g/mol. The van der Waals surface area contributed by atoms with Crippen molar-refractivity contribution in [3.8, 4) is 10.6 Å². The van der Waals surface area contributed by atoms with Gasteiger partial charge >= 0.3 is 0 Å². The largest absolute Gasteiger partial charge is 0.393 e. The van der Waals surface area contributed by atoms with E-state index >= 15 is 0 Å². The highest BCUT2D eigenvalue weighted by Crippen LogP contribution is 2.22. The first-order valence-corrected chi connectivity index (χ1v) is 9.13. The molecule has 0 aliphatic carbocycles. The lowest BCUT2D eigenvalue weighted by molar-refractivity contribution is 0.0816. The molecule has 0 spiro atoms. The van der Waals surface area contributed by atoms with Gasteiger partial charge in [-0.2, -0.15) is 5.10 Å².